The molecule has 13 nitrogen and oxygen atoms in total. The molecule has 0 unspecified atom stereocenters. The number of carbonyl (C=O) groups is 1. The van der Waals surface area contributed by atoms with Crippen molar-refractivity contribution in [3.63, 3.8) is 0 Å². The lowest BCUT2D eigenvalue weighted by atomic mass is 10.0. The number of halogens is 4. The van der Waals surface area contributed by atoms with Crippen LogP contribution in [0.1, 0.15) is 46.9 Å². The fourth-order valence-electron chi connectivity index (χ4n) is 5.54. The minimum absolute atomic E-state index is 0.00381. The van der Waals surface area contributed by atoms with Crippen LogP contribution in [-0.2, 0) is 26.8 Å². The molecule has 0 bridgehead atoms. The van der Waals surface area contributed by atoms with Crippen LogP contribution in [0.25, 0.3) is 0 Å². The van der Waals surface area contributed by atoms with Crippen LogP contribution in [0.5, 0.6) is 17.2 Å². The number of thiol groups is 1. The molecular weight excluding hydrogens is 751 g/mol. The predicted molar refractivity (Wildman–Crippen MR) is 187 cm³/mol. The van der Waals surface area contributed by atoms with Crippen molar-refractivity contribution in [1.29, 1.82) is 0 Å². The van der Waals surface area contributed by atoms with Crippen molar-refractivity contribution in [3.8, 4) is 17.2 Å². The molecule has 3 aromatic rings. The first-order valence-corrected chi connectivity index (χ1v) is 18.5. The van der Waals surface area contributed by atoms with Gasteiger partial charge in [-0.05, 0) is 61.1 Å². The number of esters is 1. The second-order valence-electron chi connectivity index (χ2n) is 12.2. The standard InChI is InChI=1S/C34H39Cl2F2N3O10S/c35-26-19-40(44)20-27(36)25(26)18-30(23-5-7-29(51-34(37)38)32(16-23)49-21-22-2-3-22)50-33(43)24-4-6-28(31(17-24)48-15-12-42)41(52(45)46)9-1-8-39-10-13-47-14-11-39/h4-7,16-17,19-20,22,30,34,42,52H,1-3,8-15,18,21H2/t30-/m0/s1. The summed E-state index contributed by atoms with van der Waals surface area (Å²) in [7, 11) is -3.11. The van der Waals surface area contributed by atoms with Crippen LogP contribution < -0.4 is 23.2 Å². The zero-order chi connectivity index (χ0) is 37.2. The van der Waals surface area contributed by atoms with Crippen molar-refractivity contribution < 1.29 is 55.5 Å². The van der Waals surface area contributed by atoms with Gasteiger partial charge in [-0.15, -0.1) is 0 Å². The Morgan fingerprint density at radius 3 is 2.44 bits per heavy atom. The number of hydrogen-bond donors (Lipinski definition) is 2. The van der Waals surface area contributed by atoms with Gasteiger partial charge in [0.2, 0.25) is 10.9 Å². The molecule has 2 heterocycles. The monoisotopic (exact) mass is 789 g/mol. The predicted octanol–water partition coefficient (Wildman–Crippen LogP) is 4.58. The van der Waals surface area contributed by atoms with Crippen LogP contribution in [0.3, 0.4) is 0 Å². The normalized spacial score (nSPS) is 15.4. The molecule has 0 spiro atoms. The van der Waals surface area contributed by atoms with E-state index < -0.39 is 29.6 Å². The minimum atomic E-state index is -3.12. The zero-order valence-electron chi connectivity index (χ0n) is 28.0. The average Bonchev–Trinajstić information content (AvgIpc) is 3.94. The Balaban J connectivity index is 1.44. The minimum Gasteiger partial charge on any atom is -0.619 e. The number of hydrogen-bond acceptors (Lipinski definition) is 11. The second-order valence-corrected chi connectivity index (χ2v) is 13.9. The summed E-state index contributed by atoms with van der Waals surface area (Å²) in [6.45, 7) is 0.0783. The number of carbonyl (C=O) groups excluding carboxylic acids is 1. The number of benzene rings is 2. The average molecular weight is 791 g/mol. The second kappa shape index (κ2) is 18.9. The molecule has 52 heavy (non-hydrogen) atoms. The van der Waals surface area contributed by atoms with Crippen molar-refractivity contribution in [2.75, 3.05) is 63.5 Å². The van der Waals surface area contributed by atoms with Crippen molar-refractivity contribution in [2.45, 2.75) is 38.4 Å². The van der Waals surface area contributed by atoms with E-state index in [1.807, 2.05) is 0 Å². The van der Waals surface area contributed by atoms with Crippen LogP contribution in [0.4, 0.5) is 14.5 Å². The first-order valence-electron chi connectivity index (χ1n) is 16.6. The number of anilines is 1. The Bertz CT molecular complexity index is 1730. The van der Waals surface area contributed by atoms with E-state index in [1.165, 1.54) is 36.4 Å². The van der Waals surface area contributed by atoms with E-state index in [4.69, 9.17) is 42.1 Å². The number of aromatic nitrogens is 1. The number of alkyl halides is 2. The maximum atomic E-state index is 13.8. The number of aliphatic hydroxyl groups excluding tert-OH is 1. The highest BCUT2D eigenvalue weighted by Crippen LogP contribution is 2.38. The number of rotatable bonds is 19. The molecule has 0 radical (unpaired) electrons. The fourth-order valence-corrected chi connectivity index (χ4v) is 6.79. The summed E-state index contributed by atoms with van der Waals surface area (Å²) in [6.07, 6.45) is 3.28. The Morgan fingerprint density at radius 2 is 1.79 bits per heavy atom. The summed E-state index contributed by atoms with van der Waals surface area (Å²) in [4.78, 5) is 16.0. The third-order valence-corrected chi connectivity index (χ3v) is 9.85. The van der Waals surface area contributed by atoms with Gasteiger partial charge in [-0.2, -0.15) is 13.5 Å². The van der Waals surface area contributed by atoms with Crippen molar-refractivity contribution in [3.05, 3.63) is 80.7 Å². The summed E-state index contributed by atoms with van der Waals surface area (Å²) in [5, 5.41) is 21.4. The molecule has 284 valence electrons. The molecule has 18 heteroatoms. The van der Waals surface area contributed by atoms with Gasteiger partial charge < -0.3 is 34.0 Å². The van der Waals surface area contributed by atoms with Gasteiger partial charge in [-0.25, -0.2) is 13.2 Å². The molecule has 2 aromatic carbocycles. The van der Waals surface area contributed by atoms with Gasteiger partial charge in [0.15, 0.2) is 23.9 Å². The van der Waals surface area contributed by atoms with Gasteiger partial charge in [0.1, 0.15) is 28.5 Å². The molecule has 2 aliphatic rings. The number of aliphatic hydroxyl groups is 1. The van der Waals surface area contributed by atoms with Gasteiger partial charge >= 0.3 is 12.6 Å². The van der Waals surface area contributed by atoms with Crippen molar-refractivity contribution in [1.82, 2.24) is 4.90 Å². The van der Waals surface area contributed by atoms with Gasteiger partial charge in [0.05, 0.1) is 37.7 Å². The maximum absolute atomic E-state index is 13.8. The Hall–Kier alpha value is -3.67. The highest BCUT2D eigenvalue weighted by molar-refractivity contribution is 7.74. The van der Waals surface area contributed by atoms with E-state index in [9.17, 15) is 32.3 Å². The molecule has 5 rings (SSSR count). The first kappa shape index (κ1) is 39.5. The van der Waals surface area contributed by atoms with Gasteiger partial charge in [-0.3, -0.25) is 9.21 Å². The molecule has 0 amide bonds. The van der Waals surface area contributed by atoms with Crippen LogP contribution in [0.2, 0.25) is 10.0 Å². The molecule has 1 saturated carbocycles. The van der Waals surface area contributed by atoms with Crippen molar-refractivity contribution in [2.24, 2.45) is 5.92 Å². The molecule has 1 atom stereocenters. The molecule has 2 fully saturated rings. The summed E-state index contributed by atoms with van der Waals surface area (Å²) in [6, 6.07) is 8.23. The van der Waals surface area contributed by atoms with Crippen LogP contribution in [-0.4, -0.2) is 90.2 Å². The lowest BCUT2D eigenvalue weighted by molar-refractivity contribution is -0.605. The first-order chi connectivity index (χ1) is 25.0. The van der Waals surface area contributed by atoms with E-state index in [0.717, 1.165) is 42.6 Å². The lowest BCUT2D eigenvalue weighted by Crippen LogP contribution is -2.38. The Kier molecular flexibility index (Phi) is 14.4. The smallest absolute Gasteiger partial charge is 0.387 e. The highest BCUT2D eigenvalue weighted by atomic mass is 35.5. The zero-order valence-corrected chi connectivity index (χ0v) is 30.4. The van der Waals surface area contributed by atoms with Crippen LogP contribution >= 0.6 is 23.2 Å². The van der Waals surface area contributed by atoms with Crippen LogP contribution in [0, 0.1) is 11.1 Å². The highest BCUT2D eigenvalue weighted by Gasteiger charge is 2.28. The molecule has 1 aliphatic carbocycles. The molecule has 1 N–H and O–H groups in total. The number of nitrogens with zero attached hydrogens (tertiary/aromatic N) is 3. The Morgan fingerprint density at radius 1 is 1.06 bits per heavy atom. The topological polar surface area (TPSA) is 151 Å². The SMILES string of the molecule is O=C(O[C@@H](Cc1c(Cl)c[n+]([O-])cc1Cl)c1ccc(OC(F)F)c(OCC2CC2)c1)c1ccc(N(CCCN2CCOCC2)[SH](=O)=O)c(OCCO)c1. The number of ether oxygens (including phenoxy) is 5. The van der Waals surface area contributed by atoms with Crippen LogP contribution in [0.15, 0.2) is 48.8 Å². The Labute approximate surface area is 311 Å². The molecule has 1 aromatic heterocycles. The van der Waals surface area contributed by atoms with Crippen molar-refractivity contribution >= 4 is 45.7 Å². The van der Waals surface area contributed by atoms with Gasteiger partial charge in [-0.1, -0.05) is 29.3 Å². The molecule has 1 saturated heterocycles. The van der Waals surface area contributed by atoms with E-state index in [1.54, 1.807) is 0 Å². The van der Waals surface area contributed by atoms with E-state index in [2.05, 4.69) is 9.64 Å². The summed E-state index contributed by atoms with van der Waals surface area (Å²) in [5.74, 6) is -0.767. The number of morpholine rings is 1. The molecule has 1 aliphatic heterocycles. The maximum Gasteiger partial charge on any atom is 0.387 e. The van der Waals surface area contributed by atoms with E-state index in [-0.39, 0.29) is 82.8 Å². The summed E-state index contributed by atoms with van der Waals surface area (Å²) < 4.78 is 80.4. The third-order valence-electron chi connectivity index (χ3n) is 8.39. The lowest BCUT2D eigenvalue weighted by Gasteiger charge is -2.27. The largest absolute Gasteiger partial charge is 0.619 e. The fraction of sp³-hybridized carbons (Fsp3) is 0.471. The number of pyridine rings is 1. The van der Waals surface area contributed by atoms with E-state index in [0.29, 0.717) is 36.5 Å². The van der Waals surface area contributed by atoms with E-state index >= 15 is 0 Å². The quantitative estimate of drug-likeness (QED) is 0.0761. The van der Waals surface area contributed by atoms with Gasteiger partial charge in [0, 0.05) is 38.2 Å². The summed E-state index contributed by atoms with van der Waals surface area (Å²) >= 11 is 12.7. The third kappa shape index (κ3) is 11.2. The summed E-state index contributed by atoms with van der Waals surface area (Å²) in [5.41, 5.74) is 0.730. The van der Waals surface area contributed by atoms with Gasteiger partial charge in [0.25, 0.3) is 0 Å². The molecular formula is C34H39Cl2F2N3O10S.